The fourth-order valence-corrected chi connectivity index (χ4v) is 4.73. The number of amides is 2. The second-order valence-corrected chi connectivity index (χ2v) is 9.19. The fraction of sp³-hybridized carbons (Fsp3) is 0.269. The molecular weight excluding hydrogens is 464 g/mol. The molecule has 178 valence electrons. The summed E-state index contributed by atoms with van der Waals surface area (Å²) in [7, 11) is 0. The Morgan fingerprint density at radius 1 is 1.03 bits per heavy atom. The Labute approximate surface area is 207 Å². The first kappa shape index (κ1) is 23.0. The summed E-state index contributed by atoms with van der Waals surface area (Å²) in [6.07, 6.45) is 6.47. The second kappa shape index (κ2) is 9.46. The van der Waals surface area contributed by atoms with Gasteiger partial charge in [-0.15, -0.1) is 0 Å². The quantitative estimate of drug-likeness (QED) is 0.441. The number of aryl methyl sites for hydroxylation is 1. The van der Waals surface area contributed by atoms with E-state index in [1.807, 2.05) is 43.5 Å². The van der Waals surface area contributed by atoms with E-state index in [4.69, 9.17) is 11.6 Å². The first-order valence-electron chi connectivity index (χ1n) is 11.5. The highest BCUT2D eigenvalue weighted by Crippen LogP contribution is 2.29. The van der Waals surface area contributed by atoms with Crippen molar-refractivity contribution in [2.24, 2.45) is 0 Å². The van der Waals surface area contributed by atoms with Crippen LogP contribution in [0.25, 0.3) is 22.0 Å². The van der Waals surface area contributed by atoms with E-state index >= 15 is 0 Å². The molecular formula is C26H25ClN6O2. The van der Waals surface area contributed by atoms with Gasteiger partial charge in [-0.25, -0.2) is 4.98 Å². The third-order valence-corrected chi connectivity index (χ3v) is 6.73. The molecule has 1 fully saturated rings. The van der Waals surface area contributed by atoms with Gasteiger partial charge in [-0.3, -0.25) is 19.3 Å². The lowest BCUT2D eigenvalue weighted by molar-refractivity contribution is -0.130. The molecule has 0 radical (unpaired) electrons. The van der Waals surface area contributed by atoms with Crippen molar-refractivity contribution < 1.29 is 9.59 Å². The van der Waals surface area contributed by atoms with Gasteiger partial charge in [0.25, 0.3) is 5.91 Å². The number of pyridine rings is 2. The molecule has 1 saturated heterocycles. The number of hydrogen-bond acceptors (Lipinski definition) is 5. The highest BCUT2D eigenvalue weighted by molar-refractivity contribution is 6.34. The van der Waals surface area contributed by atoms with Gasteiger partial charge < -0.3 is 10.2 Å². The zero-order valence-electron chi connectivity index (χ0n) is 19.5. The van der Waals surface area contributed by atoms with Crippen LogP contribution in [0.15, 0.2) is 55.0 Å². The number of carbonyl (C=O) groups is 2. The Morgan fingerprint density at radius 2 is 1.74 bits per heavy atom. The third-order valence-electron chi connectivity index (χ3n) is 6.46. The second-order valence-electron chi connectivity index (χ2n) is 8.78. The number of likely N-dealkylation sites (tertiary alicyclic amines) is 1. The van der Waals surface area contributed by atoms with Crippen molar-refractivity contribution >= 4 is 40.1 Å². The predicted octanol–water partition coefficient (Wildman–Crippen LogP) is 4.89. The Hall–Kier alpha value is -3.78. The Morgan fingerprint density at radius 3 is 2.49 bits per heavy atom. The van der Waals surface area contributed by atoms with E-state index in [9.17, 15) is 9.59 Å². The molecule has 0 saturated carbocycles. The van der Waals surface area contributed by atoms with Crippen LogP contribution in [-0.4, -0.2) is 49.6 Å². The minimum atomic E-state index is -0.364. The van der Waals surface area contributed by atoms with Crippen LogP contribution < -0.4 is 5.32 Å². The molecule has 0 aliphatic carbocycles. The summed E-state index contributed by atoms with van der Waals surface area (Å²) in [4.78, 5) is 35.7. The maximum Gasteiger partial charge on any atom is 0.276 e. The summed E-state index contributed by atoms with van der Waals surface area (Å²) in [6.45, 7) is 4.73. The number of para-hydroxylation sites is 1. The zero-order chi connectivity index (χ0) is 24.5. The Balaban J connectivity index is 1.35. The lowest BCUT2D eigenvalue weighted by Gasteiger charge is -2.32. The summed E-state index contributed by atoms with van der Waals surface area (Å²) < 4.78 is 1.68. The number of carbonyl (C=O) groups excluding carboxylic acids is 2. The van der Waals surface area contributed by atoms with Crippen LogP contribution in [0.2, 0.25) is 5.02 Å². The molecule has 4 aromatic rings. The SMILES string of the molecule is CC(=O)N1CCC(n2ncc(Cl)c2C(=O)Nc2ncc(-c3cnc4ccccc4c3)cc2C)CC1. The van der Waals surface area contributed by atoms with E-state index in [0.717, 1.165) is 27.6 Å². The summed E-state index contributed by atoms with van der Waals surface area (Å²) in [5.74, 6) is 0.157. The van der Waals surface area contributed by atoms with Crippen LogP contribution in [0, 0.1) is 6.92 Å². The lowest BCUT2D eigenvalue weighted by atomic mass is 10.0. The molecule has 1 aromatic carbocycles. The maximum atomic E-state index is 13.2. The maximum absolute atomic E-state index is 13.2. The van der Waals surface area contributed by atoms with E-state index in [1.54, 1.807) is 22.7 Å². The number of benzene rings is 1. The molecule has 2 amide bonds. The molecule has 35 heavy (non-hydrogen) atoms. The lowest BCUT2D eigenvalue weighted by Crippen LogP contribution is -2.38. The molecule has 5 rings (SSSR count). The largest absolute Gasteiger partial charge is 0.343 e. The number of aromatic nitrogens is 4. The van der Waals surface area contributed by atoms with Crippen LogP contribution in [0.5, 0.6) is 0 Å². The first-order chi connectivity index (χ1) is 16.9. The van der Waals surface area contributed by atoms with Gasteiger partial charge in [-0.05, 0) is 43.5 Å². The average molecular weight is 489 g/mol. The van der Waals surface area contributed by atoms with Gasteiger partial charge in [0.15, 0.2) is 0 Å². The number of hydrogen-bond donors (Lipinski definition) is 1. The van der Waals surface area contributed by atoms with Crippen molar-refractivity contribution in [3.05, 3.63) is 71.3 Å². The number of nitrogens with zero attached hydrogens (tertiary/aromatic N) is 5. The predicted molar refractivity (Wildman–Crippen MR) is 135 cm³/mol. The van der Waals surface area contributed by atoms with Gasteiger partial charge in [-0.1, -0.05) is 29.8 Å². The first-order valence-corrected chi connectivity index (χ1v) is 11.9. The monoisotopic (exact) mass is 488 g/mol. The molecule has 9 heteroatoms. The number of rotatable bonds is 4. The zero-order valence-corrected chi connectivity index (χ0v) is 20.3. The topological polar surface area (TPSA) is 93.0 Å². The number of halogens is 1. The third kappa shape index (κ3) is 4.61. The fourth-order valence-electron chi connectivity index (χ4n) is 4.52. The number of nitrogens with one attached hydrogen (secondary N) is 1. The van der Waals surface area contributed by atoms with E-state index in [0.29, 0.717) is 37.4 Å². The number of anilines is 1. The highest BCUT2D eigenvalue weighted by atomic mass is 35.5. The van der Waals surface area contributed by atoms with Crippen LogP contribution in [-0.2, 0) is 4.79 Å². The van der Waals surface area contributed by atoms with Crippen LogP contribution in [0.4, 0.5) is 5.82 Å². The standard InChI is InChI=1S/C26H25ClN6O2/c1-16-11-19(20-12-18-5-3-4-6-23(18)28-13-20)14-29-25(16)31-26(35)24-22(27)15-30-33(24)21-7-9-32(10-8-21)17(2)34/h3-6,11-15,21H,7-10H2,1-2H3,(H,29,31,35). The molecule has 0 atom stereocenters. The Kier molecular flexibility index (Phi) is 6.21. The van der Waals surface area contributed by atoms with Crippen molar-refractivity contribution in [1.82, 2.24) is 24.6 Å². The minimum absolute atomic E-state index is 0.00399. The van der Waals surface area contributed by atoms with Gasteiger partial charge in [-0.2, -0.15) is 5.10 Å². The summed E-state index contributed by atoms with van der Waals surface area (Å²) >= 11 is 6.36. The molecule has 0 bridgehead atoms. The van der Waals surface area contributed by atoms with E-state index in [2.05, 4.69) is 26.4 Å². The van der Waals surface area contributed by atoms with Crippen LogP contribution in [0.3, 0.4) is 0 Å². The molecule has 1 aliphatic heterocycles. The van der Waals surface area contributed by atoms with Gasteiger partial charge in [0.1, 0.15) is 11.5 Å². The molecule has 0 unspecified atom stereocenters. The molecule has 1 N–H and O–H groups in total. The van der Waals surface area contributed by atoms with Gasteiger partial charge in [0.2, 0.25) is 5.91 Å². The normalized spacial score (nSPS) is 14.3. The van der Waals surface area contributed by atoms with Crippen molar-refractivity contribution in [3.8, 4) is 11.1 Å². The van der Waals surface area contributed by atoms with E-state index in [-0.39, 0.29) is 22.9 Å². The van der Waals surface area contributed by atoms with Crippen molar-refractivity contribution in [2.75, 3.05) is 18.4 Å². The smallest absolute Gasteiger partial charge is 0.276 e. The van der Waals surface area contributed by atoms with Gasteiger partial charge >= 0.3 is 0 Å². The molecule has 3 aromatic heterocycles. The molecule has 0 spiro atoms. The average Bonchev–Trinajstić information content (AvgIpc) is 3.26. The summed E-state index contributed by atoms with van der Waals surface area (Å²) in [5.41, 5.74) is 3.93. The van der Waals surface area contributed by atoms with Crippen molar-refractivity contribution in [3.63, 3.8) is 0 Å². The highest BCUT2D eigenvalue weighted by Gasteiger charge is 2.28. The summed E-state index contributed by atoms with van der Waals surface area (Å²) in [6, 6.07) is 12.0. The number of piperidine rings is 1. The van der Waals surface area contributed by atoms with Crippen molar-refractivity contribution in [2.45, 2.75) is 32.7 Å². The summed E-state index contributed by atoms with van der Waals surface area (Å²) in [5, 5.41) is 8.60. The van der Waals surface area contributed by atoms with E-state index < -0.39 is 0 Å². The van der Waals surface area contributed by atoms with Crippen LogP contribution >= 0.6 is 11.6 Å². The minimum Gasteiger partial charge on any atom is -0.343 e. The van der Waals surface area contributed by atoms with E-state index in [1.165, 1.54) is 6.20 Å². The molecule has 8 nitrogen and oxygen atoms in total. The van der Waals surface area contributed by atoms with Crippen LogP contribution in [0.1, 0.15) is 41.9 Å². The van der Waals surface area contributed by atoms with Crippen molar-refractivity contribution in [1.29, 1.82) is 0 Å². The molecule has 1 aliphatic rings. The van der Waals surface area contributed by atoms with Gasteiger partial charge in [0.05, 0.1) is 22.8 Å². The number of fused-ring (bicyclic) bond motifs is 1. The van der Waals surface area contributed by atoms with Gasteiger partial charge in [0, 0.05) is 48.9 Å². The molecule has 4 heterocycles. The Bertz CT molecular complexity index is 1420.